The standard InChI is InChI=1S/C29H27NO6/c1-4-35-23-15-13-20(14-16-23)26(31)24-25(19-9-6-5-7-10-19)30(28(33)27(24)32)22-12-8-11-21(17-22)29(34)36-18(2)3/h5-18,25,31H,4H2,1-3H3/b26-24+. The second-order valence-electron chi connectivity index (χ2n) is 8.54. The van der Waals surface area contributed by atoms with Crippen LogP contribution in [0.1, 0.15) is 48.3 Å². The number of esters is 1. The maximum absolute atomic E-state index is 13.3. The highest BCUT2D eigenvalue weighted by atomic mass is 16.5. The van der Waals surface area contributed by atoms with Crippen LogP contribution in [0.3, 0.4) is 0 Å². The highest BCUT2D eigenvalue weighted by Gasteiger charge is 2.47. The number of aliphatic hydroxyl groups excluding tert-OH is 1. The minimum absolute atomic E-state index is 0.0366. The molecule has 0 radical (unpaired) electrons. The van der Waals surface area contributed by atoms with Crippen LogP contribution in [0.5, 0.6) is 5.75 Å². The van der Waals surface area contributed by atoms with Crippen molar-refractivity contribution in [3.63, 3.8) is 0 Å². The van der Waals surface area contributed by atoms with Gasteiger partial charge in [-0.25, -0.2) is 4.79 Å². The number of carbonyl (C=O) groups is 3. The van der Waals surface area contributed by atoms with Crippen molar-refractivity contribution in [3.8, 4) is 5.75 Å². The first-order valence-electron chi connectivity index (χ1n) is 11.7. The second kappa shape index (κ2) is 10.5. The van der Waals surface area contributed by atoms with Crippen LogP contribution in [0.4, 0.5) is 5.69 Å². The van der Waals surface area contributed by atoms with Crippen molar-refractivity contribution in [1.82, 2.24) is 0 Å². The molecule has 0 saturated carbocycles. The number of ketones is 1. The van der Waals surface area contributed by atoms with Crippen molar-refractivity contribution in [1.29, 1.82) is 0 Å². The van der Waals surface area contributed by atoms with Gasteiger partial charge in [0.25, 0.3) is 11.7 Å². The molecule has 184 valence electrons. The fraction of sp³-hybridized carbons (Fsp3) is 0.207. The normalized spacial score (nSPS) is 16.9. The Balaban J connectivity index is 1.84. The van der Waals surface area contributed by atoms with Crippen LogP contribution < -0.4 is 9.64 Å². The molecule has 3 aromatic rings. The molecular weight excluding hydrogens is 458 g/mol. The highest BCUT2D eigenvalue weighted by Crippen LogP contribution is 2.42. The number of Topliss-reactive ketones (excluding diaryl/α,β-unsaturated/α-hetero) is 1. The Morgan fingerprint density at radius 1 is 0.944 bits per heavy atom. The molecule has 0 spiro atoms. The first kappa shape index (κ1) is 24.7. The molecule has 0 aliphatic carbocycles. The van der Waals surface area contributed by atoms with Gasteiger partial charge in [0.15, 0.2) is 0 Å². The van der Waals surface area contributed by atoms with E-state index in [0.29, 0.717) is 29.2 Å². The molecule has 1 saturated heterocycles. The maximum Gasteiger partial charge on any atom is 0.338 e. The van der Waals surface area contributed by atoms with E-state index >= 15 is 0 Å². The fourth-order valence-corrected chi connectivity index (χ4v) is 4.15. The summed E-state index contributed by atoms with van der Waals surface area (Å²) in [5.74, 6) is -1.81. The van der Waals surface area contributed by atoms with E-state index in [-0.39, 0.29) is 23.0 Å². The number of aliphatic hydroxyl groups is 1. The molecule has 1 aliphatic heterocycles. The van der Waals surface area contributed by atoms with Crippen LogP contribution in [0, 0.1) is 0 Å². The lowest BCUT2D eigenvalue weighted by atomic mass is 9.95. The van der Waals surface area contributed by atoms with Crippen LogP contribution in [0.2, 0.25) is 0 Å². The lowest BCUT2D eigenvalue weighted by molar-refractivity contribution is -0.132. The van der Waals surface area contributed by atoms with E-state index in [1.807, 2.05) is 13.0 Å². The van der Waals surface area contributed by atoms with Crippen molar-refractivity contribution in [3.05, 3.63) is 101 Å². The van der Waals surface area contributed by atoms with Crippen molar-refractivity contribution >= 4 is 29.1 Å². The Labute approximate surface area is 209 Å². The van der Waals surface area contributed by atoms with Gasteiger partial charge in [-0.3, -0.25) is 14.5 Å². The molecule has 7 heteroatoms. The average molecular weight is 486 g/mol. The highest BCUT2D eigenvalue weighted by molar-refractivity contribution is 6.51. The topological polar surface area (TPSA) is 93.1 Å². The molecule has 1 aliphatic rings. The first-order valence-corrected chi connectivity index (χ1v) is 11.7. The minimum Gasteiger partial charge on any atom is -0.507 e. The Hall–Kier alpha value is -4.39. The van der Waals surface area contributed by atoms with Crippen LogP contribution in [0.15, 0.2) is 84.4 Å². The number of benzene rings is 3. The van der Waals surface area contributed by atoms with Gasteiger partial charge in [0, 0.05) is 11.3 Å². The van der Waals surface area contributed by atoms with Gasteiger partial charge in [-0.2, -0.15) is 0 Å². The van der Waals surface area contributed by atoms with Crippen LogP contribution in [-0.4, -0.2) is 35.5 Å². The van der Waals surface area contributed by atoms with E-state index in [9.17, 15) is 19.5 Å². The van der Waals surface area contributed by atoms with Gasteiger partial charge in [0.1, 0.15) is 11.5 Å². The maximum atomic E-state index is 13.3. The predicted octanol–water partition coefficient (Wildman–Crippen LogP) is 5.28. The predicted molar refractivity (Wildman–Crippen MR) is 136 cm³/mol. The molecule has 4 rings (SSSR count). The summed E-state index contributed by atoms with van der Waals surface area (Å²) in [6.07, 6.45) is -0.311. The number of amides is 1. The number of ether oxygens (including phenoxy) is 2. The SMILES string of the molecule is CCOc1ccc(/C(O)=C2\C(=O)C(=O)N(c3cccc(C(=O)OC(C)C)c3)C2c2ccccc2)cc1. The van der Waals surface area contributed by atoms with E-state index in [1.165, 1.54) is 11.0 Å². The molecule has 1 heterocycles. The fourth-order valence-electron chi connectivity index (χ4n) is 4.15. The zero-order valence-electron chi connectivity index (χ0n) is 20.3. The summed E-state index contributed by atoms with van der Waals surface area (Å²) in [6, 6.07) is 21.1. The van der Waals surface area contributed by atoms with Crippen molar-refractivity contribution in [2.75, 3.05) is 11.5 Å². The Kier molecular flexibility index (Phi) is 7.20. The van der Waals surface area contributed by atoms with E-state index in [1.54, 1.807) is 80.6 Å². The third-order valence-corrected chi connectivity index (χ3v) is 5.70. The van der Waals surface area contributed by atoms with E-state index < -0.39 is 23.7 Å². The summed E-state index contributed by atoms with van der Waals surface area (Å²) in [4.78, 5) is 40.4. The lowest BCUT2D eigenvalue weighted by Gasteiger charge is -2.25. The zero-order chi connectivity index (χ0) is 25.8. The van der Waals surface area contributed by atoms with Crippen molar-refractivity contribution in [2.45, 2.75) is 32.9 Å². The summed E-state index contributed by atoms with van der Waals surface area (Å²) < 4.78 is 10.7. The molecule has 0 aromatic heterocycles. The Morgan fingerprint density at radius 2 is 1.64 bits per heavy atom. The molecule has 1 N–H and O–H groups in total. The monoisotopic (exact) mass is 485 g/mol. The van der Waals surface area contributed by atoms with Gasteiger partial charge in [-0.05, 0) is 68.8 Å². The largest absolute Gasteiger partial charge is 0.507 e. The minimum atomic E-state index is -0.894. The molecule has 7 nitrogen and oxygen atoms in total. The quantitative estimate of drug-likeness (QED) is 0.212. The number of nitrogens with zero attached hydrogens (tertiary/aromatic N) is 1. The number of anilines is 1. The number of carbonyl (C=O) groups excluding carboxylic acids is 3. The Bertz CT molecular complexity index is 1310. The van der Waals surface area contributed by atoms with Crippen LogP contribution in [-0.2, 0) is 14.3 Å². The summed E-state index contributed by atoms with van der Waals surface area (Å²) in [5, 5.41) is 11.2. The first-order chi connectivity index (χ1) is 17.3. The summed E-state index contributed by atoms with van der Waals surface area (Å²) in [5.41, 5.74) is 1.58. The van der Waals surface area contributed by atoms with Gasteiger partial charge in [0.05, 0.1) is 29.9 Å². The molecule has 1 fully saturated rings. The van der Waals surface area contributed by atoms with Crippen LogP contribution >= 0.6 is 0 Å². The zero-order valence-corrected chi connectivity index (χ0v) is 20.3. The van der Waals surface area contributed by atoms with E-state index in [4.69, 9.17) is 9.47 Å². The lowest BCUT2D eigenvalue weighted by Crippen LogP contribution is -2.29. The Morgan fingerprint density at radius 3 is 2.28 bits per heavy atom. The van der Waals surface area contributed by atoms with Crippen molar-refractivity contribution in [2.24, 2.45) is 0 Å². The summed E-state index contributed by atoms with van der Waals surface area (Å²) in [7, 11) is 0. The molecule has 1 atom stereocenters. The molecule has 3 aromatic carbocycles. The molecule has 1 amide bonds. The number of hydrogen-bond donors (Lipinski definition) is 1. The summed E-state index contributed by atoms with van der Waals surface area (Å²) >= 11 is 0. The van der Waals surface area contributed by atoms with E-state index in [0.717, 1.165) is 0 Å². The molecule has 1 unspecified atom stereocenters. The van der Waals surface area contributed by atoms with Crippen LogP contribution in [0.25, 0.3) is 5.76 Å². The van der Waals surface area contributed by atoms with E-state index in [2.05, 4.69) is 0 Å². The number of hydrogen-bond acceptors (Lipinski definition) is 6. The summed E-state index contributed by atoms with van der Waals surface area (Å²) in [6.45, 7) is 5.86. The molecule has 0 bridgehead atoms. The smallest absolute Gasteiger partial charge is 0.338 e. The van der Waals surface area contributed by atoms with Gasteiger partial charge >= 0.3 is 5.97 Å². The molecule has 36 heavy (non-hydrogen) atoms. The van der Waals surface area contributed by atoms with Gasteiger partial charge in [0.2, 0.25) is 0 Å². The average Bonchev–Trinajstić information content (AvgIpc) is 3.15. The van der Waals surface area contributed by atoms with Gasteiger partial charge < -0.3 is 14.6 Å². The number of rotatable bonds is 7. The third-order valence-electron chi connectivity index (χ3n) is 5.70. The van der Waals surface area contributed by atoms with Gasteiger partial charge in [-0.15, -0.1) is 0 Å². The van der Waals surface area contributed by atoms with Gasteiger partial charge in [-0.1, -0.05) is 36.4 Å². The molecular formula is C29H27NO6. The second-order valence-corrected chi connectivity index (χ2v) is 8.54. The van der Waals surface area contributed by atoms with Crippen molar-refractivity contribution < 1.29 is 29.0 Å². The third kappa shape index (κ3) is 4.86.